The van der Waals surface area contributed by atoms with E-state index in [1.807, 2.05) is 0 Å². The lowest BCUT2D eigenvalue weighted by Gasteiger charge is -2.17. The lowest BCUT2D eigenvalue weighted by Crippen LogP contribution is -2.41. The monoisotopic (exact) mass is 393 g/mol. The molecule has 1 atom stereocenters. The molecule has 6 nitrogen and oxygen atoms in total. The molecule has 2 amide bonds. The molecule has 0 saturated carbocycles. The molecule has 26 heavy (non-hydrogen) atoms. The van der Waals surface area contributed by atoms with Crippen LogP contribution in [-0.2, 0) is 17.6 Å². The van der Waals surface area contributed by atoms with E-state index in [0.717, 1.165) is 36.9 Å². The van der Waals surface area contributed by atoms with Crippen molar-refractivity contribution in [1.29, 1.82) is 0 Å². The molecule has 0 radical (unpaired) electrons. The molecule has 1 fully saturated rings. The van der Waals surface area contributed by atoms with Gasteiger partial charge in [0, 0.05) is 17.8 Å². The number of rotatable bonds is 3. The molecule has 1 unspecified atom stereocenters. The van der Waals surface area contributed by atoms with Crippen molar-refractivity contribution in [2.24, 2.45) is 0 Å². The molecule has 2 aromatic rings. The van der Waals surface area contributed by atoms with Crippen LogP contribution in [0.1, 0.15) is 41.1 Å². The van der Waals surface area contributed by atoms with Crippen LogP contribution in [0.2, 0.25) is 10.0 Å². The molecular weight excluding hydrogens is 377 g/mol. The molecule has 0 spiro atoms. The van der Waals surface area contributed by atoms with Crippen molar-refractivity contribution in [2.75, 3.05) is 11.4 Å². The Bertz CT molecular complexity index is 881. The van der Waals surface area contributed by atoms with Gasteiger partial charge in [-0.05, 0) is 50.3 Å². The number of aryl methyl sites for hydroxylation is 1. The molecule has 8 heteroatoms. The van der Waals surface area contributed by atoms with Gasteiger partial charge in [-0.25, -0.2) is 0 Å². The number of nitrogens with zero attached hydrogens (tertiary/aromatic N) is 2. The summed E-state index contributed by atoms with van der Waals surface area (Å²) >= 11 is 12.0. The standard InChI is InChI=1S/C18H17Cl2N3O3/c19-12-6-5-10(9-13(12)20)23-8-7-15(18(23)25)21-17(24)16-11-3-1-2-4-14(11)22-26-16/h5-6,9,15H,1-4,7-8H2,(H,21,24). The summed E-state index contributed by atoms with van der Waals surface area (Å²) in [6.45, 7) is 0.496. The van der Waals surface area contributed by atoms with Gasteiger partial charge < -0.3 is 14.7 Å². The molecule has 1 N–H and O–H groups in total. The van der Waals surface area contributed by atoms with Gasteiger partial charge in [-0.15, -0.1) is 0 Å². The van der Waals surface area contributed by atoms with Gasteiger partial charge in [0.25, 0.3) is 5.91 Å². The van der Waals surface area contributed by atoms with Crippen molar-refractivity contribution >= 4 is 40.7 Å². The maximum Gasteiger partial charge on any atom is 0.290 e. The van der Waals surface area contributed by atoms with Crippen molar-refractivity contribution in [3.8, 4) is 0 Å². The highest BCUT2D eigenvalue weighted by Gasteiger charge is 2.35. The molecule has 1 aromatic carbocycles. The third-order valence-electron chi connectivity index (χ3n) is 4.89. The smallest absolute Gasteiger partial charge is 0.290 e. The van der Waals surface area contributed by atoms with Gasteiger partial charge in [0.1, 0.15) is 6.04 Å². The fraction of sp³-hybridized carbons (Fsp3) is 0.389. The topological polar surface area (TPSA) is 75.4 Å². The fourth-order valence-corrected chi connectivity index (χ4v) is 3.81. The highest BCUT2D eigenvalue weighted by Crippen LogP contribution is 2.30. The van der Waals surface area contributed by atoms with E-state index >= 15 is 0 Å². The SMILES string of the molecule is O=C(NC1CCN(c2ccc(Cl)c(Cl)c2)C1=O)c1onc2c1CCCC2. The Labute approximate surface area is 160 Å². The van der Waals surface area contributed by atoms with Gasteiger partial charge in [-0.3, -0.25) is 9.59 Å². The highest BCUT2D eigenvalue weighted by molar-refractivity contribution is 6.42. The lowest BCUT2D eigenvalue weighted by atomic mass is 9.96. The van der Waals surface area contributed by atoms with E-state index < -0.39 is 6.04 Å². The number of carbonyl (C=O) groups is 2. The van der Waals surface area contributed by atoms with Crippen molar-refractivity contribution < 1.29 is 14.1 Å². The summed E-state index contributed by atoms with van der Waals surface area (Å²) in [4.78, 5) is 26.9. The van der Waals surface area contributed by atoms with Crippen LogP contribution in [0.3, 0.4) is 0 Å². The summed E-state index contributed by atoms with van der Waals surface area (Å²) in [7, 11) is 0. The van der Waals surface area contributed by atoms with Crippen LogP contribution < -0.4 is 10.2 Å². The first-order valence-corrected chi connectivity index (χ1v) is 9.35. The van der Waals surface area contributed by atoms with E-state index in [1.165, 1.54) is 0 Å². The fourth-order valence-electron chi connectivity index (χ4n) is 3.52. The van der Waals surface area contributed by atoms with Crippen LogP contribution in [0.15, 0.2) is 22.7 Å². The number of hydrogen-bond donors (Lipinski definition) is 1. The Morgan fingerprint density at radius 1 is 1.23 bits per heavy atom. The average Bonchev–Trinajstić information content (AvgIpc) is 3.22. The number of amides is 2. The van der Waals surface area contributed by atoms with Crippen LogP contribution in [0, 0.1) is 0 Å². The number of hydrogen-bond acceptors (Lipinski definition) is 4. The number of nitrogens with one attached hydrogen (secondary N) is 1. The maximum atomic E-state index is 12.7. The minimum atomic E-state index is -0.596. The summed E-state index contributed by atoms with van der Waals surface area (Å²) in [6, 6.07) is 4.45. The predicted octanol–water partition coefficient (Wildman–Crippen LogP) is 3.40. The summed E-state index contributed by atoms with van der Waals surface area (Å²) in [5.74, 6) is -0.319. The van der Waals surface area contributed by atoms with Gasteiger partial charge in [0.15, 0.2) is 0 Å². The number of fused-ring (bicyclic) bond motifs is 1. The average molecular weight is 394 g/mol. The van der Waals surface area contributed by atoms with Crippen LogP contribution in [0.4, 0.5) is 5.69 Å². The zero-order valence-electron chi connectivity index (χ0n) is 13.9. The van der Waals surface area contributed by atoms with E-state index in [4.69, 9.17) is 27.7 Å². The van der Waals surface area contributed by atoms with Crippen LogP contribution in [0.25, 0.3) is 0 Å². The van der Waals surface area contributed by atoms with Gasteiger partial charge in [-0.2, -0.15) is 0 Å². The molecule has 2 aliphatic rings. The van der Waals surface area contributed by atoms with Gasteiger partial charge >= 0.3 is 0 Å². The number of aromatic nitrogens is 1. The summed E-state index contributed by atoms with van der Waals surface area (Å²) in [6.07, 6.45) is 4.21. The maximum absolute atomic E-state index is 12.7. The molecule has 1 aliphatic carbocycles. The zero-order chi connectivity index (χ0) is 18.3. The normalized spacial score (nSPS) is 19.5. The molecular formula is C18H17Cl2N3O3. The highest BCUT2D eigenvalue weighted by atomic mass is 35.5. The first-order valence-electron chi connectivity index (χ1n) is 8.59. The Kier molecular flexibility index (Phi) is 4.63. The molecule has 1 saturated heterocycles. The number of benzene rings is 1. The predicted molar refractivity (Wildman–Crippen MR) is 97.8 cm³/mol. The van der Waals surface area contributed by atoms with Crippen molar-refractivity contribution in [3.05, 3.63) is 45.3 Å². The second-order valence-electron chi connectivity index (χ2n) is 6.55. The van der Waals surface area contributed by atoms with Gasteiger partial charge in [0.2, 0.25) is 11.7 Å². The van der Waals surface area contributed by atoms with Gasteiger partial charge in [0.05, 0.1) is 15.7 Å². The molecule has 1 aromatic heterocycles. The van der Waals surface area contributed by atoms with E-state index in [-0.39, 0.29) is 17.6 Å². The molecule has 4 rings (SSSR count). The molecule has 0 bridgehead atoms. The number of halogens is 2. The van der Waals surface area contributed by atoms with E-state index in [1.54, 1.807) is 23.1 Å². The second kappa shape index (κ2) is 6.93. The molecule has 1 aliphatic heterocycles. The van der Waals surface area contributed by atoms with Crippen molar-refractivity contribution in [1.82, 2.24) is 10.5 Å². The Balaban J connectivity index is 1.48. The summed E-state index contributed by atoms with van der Waals surface area (Å²) < 4.78 is 5.25. The second-order valence-corrected chi connectivity index (χ2v) is 7.36. The first-order chi connectivity index (χ1) is 12.5. The summed E-state index contributed by atoms with van der Waals surface area (Å²) in [5, 5.41) is 7.60. The zero-order valence-corrected chi connectivity index (χ0v) is 15.4. The minimum absolute atomic E-state index is 0.176. The summed E-state index contributed by atoms with van der Waals surface area (Å²) in [5.41, 5.74) is 2.40. The lowest BCUT2D eigenvalue weighted by molar-refractivity contribution is -0.118. The third kappa shape index (κ3) is 3.08. The minimum Gasteiger partial charge on any atom is -0.350 e. The first kappa shape index (κ1) is 17.4. The van der Waals surface area contributed by atoms with Crippen LogP contribution >= 0.6 is 23.2 Å². The van der Waals surface area contributed by atoms with Gasteiger partial charge in [-0.1, -0.05) is 28.4 Å². The quantitative estimate of drug-likeness (QED) is 0.866. The van der Waals surface area contributed by atoms with E-state index in [9.17, 15) is 9.59 Å². The number of anilines is 1. The van der Waals surface area contributed by atoms with Crippen molar-refractivity contribution in [2.45, 2.75) is 38.1 Å². The van der Waals surface area contributed by atoms with E-state index in [0.29, 0.717) is 28.7 Å². The van der Waals surface area contributed by atoms with Crippen LogP contribution in [0.5, 0.6) is 0 Å². The number of carbonyl (C=O) groups excluding carboxylic acids is 2. The largest absolute Gasteiger partial charge is 0.350 e. The van der Waals surface area contributed by atoms with Crippen LogP contribution in [-0.4, -0.2) is 29.6 Å². The Morgan fingerprint density at radius 2 is 2.04 bits per heavy atom. The van der Waals surface area contributed by atoms with E-state index in [2.05, 4.69) is 10.5 Å². The Hall–Kier alpha value is -2.05. The molecule has 2 heterocycles. The van der Waals surface area contributed by atoms with Crippen molar-refractivity contribution in [3.63, 3.8) is 0 Å². The Morgan fingerprint density at radius 3 is 2.85 bits per heavy atom. The molecule has 136 valence electrons. The third-order valence-corrected chi connectivity index (χ3v) is 5.63.